The lowest BCUT2D eigenvalue weighted by Gasteiger charge is -2.36. The first-order valence-electron chi connectivity index (χ1n) is 8.87. The molecule has 1 amide bonds. The molecule has 5 nitrogen and oxygen atoms in total. The smallest absolute Gasteiger partial charge is 0.284 e. The number of benzene rings is 2. The SMILES string of the molecule is O=C(c1ccc(Br)c(Cl)c1)N1CCS(=O)(=O)C(F)(C(=O)CCc2ccccc2)C1. The number of rotatable bonds is 5. The maximum Gasteiger partial charge on any atom is 0.284 e. The zero-order valence-electron chi connectivity index (χ0n) is 15.3. The molecule has 0 radical (unpaired) electrons. The van der Waals surface area contributed by atoms with Crippen molar-refractivity contribution < 1.29 is 22.4 Å². The molecule has 2 aromatic rings. The van der Waals surface area contributed by atoms with Gasteiger partial charge in [-0.2, -0.15) is 0 Å². The molecule has 29 heavy (non-hydrogen) atoms. The number of alkyl halides is 1. The number of Topliss-reactive ketones (excluding diaryl/α,β-unsaturated/α-hetero) is 1. The maximum atomic E-state index is 15.6. The lowest BCUT2D eigenvalue weighted by molar-refractivity contribution is -0.126. The van der Waals surface area contributed by atoms with Crippen LogP contribution in [0.5, 0.6) is 0 Å². The number of nitrogens with zero attached hydrogens (tertiary/aromatic N) is 1. The van der Waals surface area contributed by atoms with Crippen LogP contribution in [-0.2, 0) is 21.1 Å². The number of amides is 1. The van der Waals surface area contributed by atoms with Gasteiger partial charge in [0, 0.05) is 23.0 Å². The summed E-state index contributed by atoms with van der Waals surface area (Å²) in [6.07, 6.45) is -0.0526. The predicted molar refractivity (Wildman–Crippen MR) is 112 cm³/mol. The van der Waals surface area contributed by atoms with E-state index in [1.54, 1.807) is 30.3 Å². The van der Waals surface area contributed by atoms with Crippen LogP contribution in [0, 0.1) is 0 Å². The van der Waals surface area contributed by atoms with Crippen molar-refractivity contribution in [2.45, 2.75) is 17.8 Å². The Kier molecular flexibility index (Phi) is 6.45. The number of ketones is 1. The van der Waals surface area contributed by atoms with Gasteiger partial charge in [0.15, 0.2) is 15.6 Å². The highest BCUT2D eigenvalue weighted by Crippen LogP contribution is 2.31. The average Bonchev–Trinajstić information content (AvgIpc) is 2.70. The normalized spacial score (nSPS) is 21.0. The van der Waals surface area contributed by atoms with Crippen LogP contribution in [0.1, 0.15) is 22.3 Å². The first-order chi connectivity index (χ1) is 13.6. The Bertz CT molecular complexity index is 1050. The van der Waals surface area contributed by atoms with E-state index in [0.717, 1.165) is 10.5 Å². The zero-order valence-corrected chi connectivity index (χ0v) is 18.4. The van der Waals surface area contributed by atoms with Gasteiger partial charge in [-0.3, -0.25) is 9.59 Å². The van der Waals surface area contributed by atoms with E-state index in [0.29, 0.717) is 9.50 Å². The molecule has 154 valence electrons. The summed E-state index contributed by atoms with van der Waals surface area (Å²) in [5, 5.41) is -2.82. The number of carbonyl (C=O) groups excluding carboxylic acids is 2. The first-order valence-corrected chi connectivity index (χ1v) is 11.7. The van der Waals surface area contributed by atoms with E-state index < -0.39 is 38.8 Å². The Hall–Kier alpha value is -1.77. The number of hydrogen-bond donors (Lipinski definition) is 0. The van der Waals surface area contributed by atoms with E-state index in [-0.39, 0.29) is 24.9 Å². The van der Waals surface area contributed by atoms with E-state index in [2.05, 4.69) is 15.9 Å². The molecular weight excluding hydrogens is 485 g/mol. The monoisotopic (exact) mass is 501 g/mol. The molecule has 0 bridgehead atoms. The van der Waals surface area contributed by atoms with Crippen molar-refractivity contribution in [3.8, 4) is 0 Å². The number of carbonyl (C=O) groups is 2. The lowest BCUT2D eigenvalue weighted by Crippen LogP contribution is -2.59. The van der Waals surface area contributed by atoms with E-state index in [1.807, 2.05) is 6.07 Å². The van der Waals surface area contributed by atoms with Crippen molar-refractivity contribution in [2.75, 3.05) is 18.8 Å². The Morgan fingerprint density at radius 1 is 1.17 bits per heavy atom. The van der Waals surface area contributed by atoms with Crippen molar-refractivity contribution in [3.63, 3.8) is 0 Å². The molecule has 1 atom stereocenters. The summed E-state index contributed by atoms with van der Waals surface area (Å²) in [6, 6.07) is 13.4. The van der Waals surface area contributed by atoms with Crippen LogP contribution in [0.15, 0.2) is 53.0 Å². The van der Waals surface area contributed by atoms with E-state index in [4.69, 9.17) is 11.6 Å². The largest absolute Gasteiger partial charge is 0.333 e. The van der Waals surface area contributed by atoms with Crippen molar-refractivity contribution in [2.24, 2.45) is 0 Å². The molecule has 2 aromatic carbocycles. The van der Waals surface area contributed by atoms with Gasteiger partial charge in [-0.05, 0) is 46.1 Å². The van der Waals surface area contributed by atoms with Crippen LogP contribution in [0.2, 0.25) is 5.02 Å². The van der Waals surface area contributed by atoms with Crippen LogP contribution in [0.25, 0.3) is 0 Å². The quantitative estimate of drug-likeness (QED) is 0.623. The highest BCUT2D eigenvalue weighted by Gasteiger charge is 2.55. The van der Waals surface area contributed by atoms with Gasteiger partial charge < -0.3 is 4.90 Å². The van der Waals surface area contributed by atoms with E-state index in [9.17, 15) is 18.0 Å². The van der Waals surface area contributed by atoms with Crippen LogP contribution >= 0.6 is 27.5 Å². The maximum absolute atomic E-state index is 15.6. The van der Waals surface area contributed by atoms with Crippen LogP contribution in [0.4, 0.5) is 4.39 Å². The molecule has 1 aliphatic heterocycles. The van der Waals surface area contributed by atoms with Crippen LogP contribution < -0.4 is 0 Å². The van der Waals surface area contributed by atoms with E-state index in [1.165, 1.54) is 12.1 Å². The fraction of sp³-hybridized carbons (Fsp3) is 0.300. The number of aryl methyl sites for hydroxylation is 1. The van der Waals surface area contributed by atoms with Gasteiger partial charge in [0.1, 0.15) is 0 Å². The highest BCUT2D eigenvalue weighted by molar-refractivity contribution is 9.10. The van der Waals surface area contributed by atoms with E-state index >= 15 is 4.39 Å². The molecule has 0 saturated carbocycles. The fourth-order valence-corrected chi connectivity index (χ4v) is 5.16. The third-order valence-corrected chi connectivity index (χ3v) is 8.17. The molecule has 1 fully saturated rings. The second-order valence-electron chi connectivity index (χ2n) is 6.81. The molecule has 0 aliphatic carbocycles. The third-order valence-electron chi connectivity index (χ3n) is 4.87. The minimum atomic E-state index is -4.33. The second kappa shape index (κ2) is 8.53. The van der Waals surface area contributed by atoms with Gasteiger partial charge >= 0.3 is 0 Å². The first kappa shape index (κ1) is 21.9. The molecule has 9 heteroatoms. The standard InChI is InChI=1S/C20H18BrClFNO4S/c21-16-8-7-15(12-17(16)22)19(26)24-10-11-29(27,28)20(23,13-24)18(25)9-6-14-4-2-1-3-5-14/h1-5,7-8,12H,6,9-11,13H2. The van der Waals surface area contributed by atoms with Crippen LogP contribution in [-0.4, -0.2) is 48.9 Å². The van der Waals surface area contributed by atoms with Crippen molar-refractivity contribution in [3.05, 3.63) is 69.2 Å². The van der Waals surface area contributed by atoms with Gasteiger partial charge in [-0.15, -0.1) is 0 Å². The summed E-state index contributed by atoms with van der Waals surface area (Å²) in [5.74, 6) is -2.23. The molecule has 1 aliphatic rings. The van der Waals surface area contributed by atoms with Crippen molar-refractivity contribution in [1.82, 2.24) is 4.90 Å². The molecular formula is C20H18BrClFNO4S. The van der Waals surface area contributed by atoms with Crippen molar-refractivity contribution >= 4 is 49.1 Å². The van der Waals surface area contributed by atoms with Gasteiger partial charge in [-0.25, -0.2) is 12.8 Å². The molecule has 0 N–H and O–H groups in total. The Balaban J connectivity index is 1.79. The summed E-state index contributed by atoms with van der Waals surface area (Å²) in [4.78, 5) is 26.4. The van der Waals surface area contributed by atoms with Crippen LogP contribution in [0.3, 0.4) is 0 Å². The summed E-state index contributed by atoms with van der Waals surface area (Å²) in [5.41, 5.74) is 0.992. The minimum Gasteiger partial charge on any atom is -0.333 e. The molecule has 0 spiro atoms. The summed E-state index contributed by atoms with van der Waals surface area (Å²) in [7, 11) is -4.33. The summed E-state index contributed by atoms with van der Waals surface area (Å²) in [6.45, 7) is -1.01. The number of halogens is 3. The Labute approximate surface area is 181 Å². The van der Waals surface area contributed by atoms with Gasteiger partial charge in [-0.1, -0.05) is 41.9 Å². The second-order valence-corrected chi connectivity index (χ2v) is 10.4. The lowest BCUT2D eigenvalue weighted by atomic mass is 10.0. The molecule has 1 unspecified atom stereocenters. The molecule has 1 heterocycles. The summed E-state index contributed by atoms with van der Waals surface area (Å²) >= 11 is 9.23. The Morgan fingerprint density at radius 2 is 1.86 bits per heavy atom. The molecule has 3 rings (SSSR count). The van der Waals surface area contributed by atoms with Gasteiger partial charge in [0.2, 0.25) is 0 Å². The minimum absolute atomic E-state index is 0.188. The highest BCUT2D eigenvalue weighted by atomic mass is 79.9. The molecule has 0 aromatic heterocycles. The average molecular weight is 503 g/mol. The van der Waals surface area contributed by atoms with Gasteiger partial charge in [0.05, 0.1) is 17.3 Å². The zero-order chi connectivity index (χ0) is 21.2. The molecule has 1 saturated heterocycles. The summed E-state index contributed by atoms with van der Waals surface area (Å²) < 4.78 is 40.9. The third kappa shape index (κ3) is 4.54. The Morgan fingerprint density at radius 3 is 2.52 bits per heavy atom. The fourth-order valence-electron chi connectivity index (χ4n) is 3.15. The van der Waals surface area contributed by atoms with Gasteiger partial charge in [0.25, 0.3) is 10.9 Å². The topological polar surface area (TPSA) is 71.5 Å². The van der Waals surface area contributed by atoms with Crippen molar-refractivity contribution in [1.29, 1.82) is 0 Å². The predicted octanol–water partition coefficient (Wildman–Crippen LogP) is 3.84. The number of hydrogen-bond acceptors (Lipinski definition) is 4. The number of sulfone groups is 1.